The number of pyridine rings is 1. The molecule has 1 aliphatic rings. The van der Waals surface area contributed by atoms with Gasteiger partial charge in [0.15, 0.2) is 0 Å². The van der Waals surface area contributed by atoms with Crippen LogP contribution < -0.4 is 5.73 Å². The number of aryl methyl sites for hydroxylation is 1. The molecule has 1 aromatic rings. The van der Waals surface area contributed by atoms with Crippen molar-refractivity contribution in [3.8, 4) is 0 Å². The van der Waals surface area contributed by atoms with Crippen molar-refractivity contribution in [2.24, 2.45) is 0 Å². The van der Waals surface area contributed by atoms with Gasteiger partial charge in [0.05, 0.1) is 0 Å². The Morgan fingerprint density at radius 3 is 3.00 bits per heavy atom. The van der Waals surface area contributed by atoms with E-state index in [1.54, 1.807) is 0 Å². The second-order valence-electron chi connectivity index (χ2n) is 4.50. The van der Waals surface area contributed by atoms with Gasteiger partial charge in [-0.15, -0.1) is 0 Å². The van der Waals surface area contributed by atoms with E-state index in [9.17, 15) is 0 Å². The van der Waals surface area contributed by atoms with Crippen LogP contribution >= 0.6 is 0 Å². The number of hydrogen-bond acceptors (Lipinski definition) is 2. The van der Waals surface area contributed by atoms with Crippen LogP contribution in [0.1, 0.15) is 37.8 Å². The Kier molecular flexibility index (Phi) is 1.79. The molecule has 2 nitrogen and oxygen atoms in total. The molecule has 13 heavy (non-hydrogen) atoms. The van der Waals surface area contributed by atoms with Crippen molar-refractivity contribution in [2.45, 2.75) is 38.5 Å². The third-order valence-corrected chi connectivity index (χ3v) is 2.98. The lowest BCUT2D eigenvalue weighted by molar-refractivity contribution is 0.431. The number of rotatable bonds is 0. The molecule has 0 saturated carbocycles. The van der Waals surface area contributed by atoms with Crippen molar-refractivity contribution >= 4 is 5.82 Å². The minimum absolute atomic E-state index is 0.282. The lowest BCUT2D eigenvalue weighted by Gasteiger charge is -2.32. The zero-order chi connectivity index (χ0) is 9.47. The lowest BCUT2D eigenvalue weighted by Crippen LogP contribution is -2.24. The van der Waals surface area contributed by atoms with Gasteiger partial charge in [-0.2, -0.15) is 0 Å². The average Bonchev–Trinajstić information content (AvgIpc) is 2.06. The van der Waals surface area contributed by atoms with Gasteiger partial charge in [-0.25, -0.2) is 4.98 Å². The van der Waals surface area contributed by atoms with Crippen LogP contribution in [0.4, 0.5) is 5.82 Å². The van der Waals surface area contributed by atoms with Crippen LogP contribution in [-0.2, 0) is 11.8 Å². The summed E-state index contributed by atoms with van der Waals surface area (Å²) in [6, 6.07) is 2.04. The molecule has 2 heteroatoms. The van der Waals surface area contributed by atoms with Crippen molar-refractivity contribution < 1.29 is 0 Å². The summed E-state index contributed by atoms with van der Waals surface area (Å²) < 4.78 is 0. The molecule has 1 heterocycles. The average molecular weight is 176 g/mol. The van der Waals surface area contributed by atoms with Gasteiger partial charge in [-0.3, -0.25) is 0 Å². The maximum Gasteiger partial charge on any atom is 0.123 e. The van der Waals surface area contributed by atoms with Crippen molar-refractivity contribution in [2.75, 3.05) is 5.73 Å². The van der Waals surface area contributed by atoms with Crippen molar-refractivity contribution in [3.63, 3.8) is 0 Å². The van der Waals surface area contributed by atoms with Gasteiger partial charge < -0.3 is 5.73 Å². The van der Waals surface area contributed by atoms with Crippen molar-refractivity contribution in [1.82, 2.24) is 4.98 Å². The number of nitrogens with zero attached hydrogens (tertiary/aromatic N) is 1. The molecule has 1 aromatic heterocycles. The summed E-state index contributed by atoms with van der Waals surface area (Å²) in [5.41, 5.74) is 8.75. The molecule has 0 saturated heterocycles. The van der Waals surface area contributed by atoms with Gasteiger partial charge in [0, 0.05) is 6.20 Å². The van der Waals surface area contributed by atoms with E-state index in [0.29, 0.717) is 5.82 Å². The Morgan fingerprint density at radius 2 is 2.23 bits per heavy atom. The van der Waals surface area contributed by atoms with Gasteiger partial charge in [-0.1, -0.05) is 13.8 Å². The first-order chi connectivity index (χ1) is 6.09. The monoisotopic (exact) mass is 176 g/mol. The number of hydrogen-bond donors (Lipinski definition) is 1. The fourth-order valence-corrected chi connectivity index (χ4v) is 2.18. The molecule has 0 unspecified atom stereocenters. The second kappa shape index (κ2) is 2.72. The Bertz CT molecular complexity index is 329. The molecule has 70 valence electrons. The summed E-state index contributed by atoms with van der Waals surface area (Å²) in [5.74, 6) is 0.647. The van der Waals surface area contributed by atoms with Crippen LogP contribution in [0.5, 0.6) is 0 Å². The molecule has 0 spiro atoms. The highest BCUT2D eigenvalue weighted by Crippen LogP contribution is 2.36. The molecule has 0 amide bonds. The van der Waals surface area contributed by atoms with Crippen molar-refractivity contribution in [3.05, 3.63) is 23.4 Å². The third kappa shape index (κ3) is 1.41. The number of nitrogens with two attached hydrogens (primary N) is 1. The van der Waals surface area contributed by atoms with E-state index in [-0.39, 0.29) is 5.41 Å². The predicted molar refractivity (Wildman–Crippen MR) is 54.6 cm³/mol. The molecule has 0 bridgehead atoms. The first-order valence-electron chi connectivity index (χ1n) is 4.84. The van der Waals surface area contributed by atoms with Gasteiger partial charge in [0.1, 0.15) is 5.82 Å². The Labute approximate surface area is 79.2 Å². The van der Waals surface area contributed by atoms with Crippen LogP contribution in [0.3, 0.4) is 0 Å². The largest absolute Gasteiger partial charge is 0.384 e. The van der Waals surface area contributed by atoms with Crippen LogP contribution in [0.2, 0.25) is 0 Å². The van der Waals surface area contributed by atoms with E-state index in [1.165, 1.54) is 24.0 Å². The molecule has 0 atom stereocenters. The van der Waals surface area contributed by atoms with E-state index in [0.717, 1.165) is 6.42 Å². The van der Waals surface area contributed by atoms with Crippen LogP contribution in [0, 0.1) is 0 Å². The maximum atomic E-state index is 5.69. The zero-order valence-electron chi connectivity index (χ0n) is 8.30. The Hall–Kier alpha value is -1.05. The highest BCUT2D eigenvalue weighted by atomic mass is 14.8. The SMILES string of the molecule is CC1(C)CCCc2cnc(N)cc21. The molecule has 2 N–H and O–H groups in total. The molecule has 0 aromatic carbocycles. The van der Waals surface area contributed by atoms with Gasteiger partial charge >= 0.3 is 0 Å². The number of nitrogen functional groups attached to an aromatic ring is 1. The fourth-order valence-electron chi connectivity index (χ4n) is 2.18. The lowest BCUT2D eigenvalue weighted by atomic mass is 9.73. The molecule has 0 radical (unpaired) electrons. The Morgan fingerprint density at radius 1 is 1.46 bits per heavy atom. The summed E-state index contributed by atoms with van der Waals surface area (Å²) in [6.45, 7) is 4.56. The smallest absolute Gasteiger partial charge is 0.123 e. The fraction of sp³-hybridized carbons (Fsp3) is 0.545. The molecule has 1 aliphatic carbocycles. The van der Waals surface area contributed by atoms with E-state index in [2.05, 4.69) is 18.8 Å². The van der Waals surface area contributed by atoms with Gasteiger partial charge in [0.2, 0.25) is 0 Å². The van der Waals surface area contributed by atoms with Crippen molar-refractivity contribution in [1.29, 1.82) is 0 Å². The van der Waals surface area contributed by atoms with Gasteiger partial charge in [-0.05, 0) is 41.9 Å². The van der Waals surface area contributed by atoms with Crippen LogP contribution in [0.25, 0.3) is 0 Å². The number of anilines is 1. The molecule has 2 rings (SSSR count). The normalized spacial score (nSPS) is 19.5. The first-order valence-corrected chi connectivity index (χ1v) is 4.84. The summed E-state index contributed by atoms with van der Waals surface area (Å²) in [6.07, 6.45) is 5.62. The molecular weight excluding hydrogens is 160 g/mol. The summed E-state index contributed by atoms with van der Waals surface area (Å²) in [5, 5.41) is 0. The first kappa shape index (κ1) is 8.54. The molecular formula is C11H16N2. The molecule has 0 aliphatic heterocycles. The zero-order valence-corrected chi connectivity index (χ0v) is 8.30. The van der Waals surface area contributed by atoms with E-state index in [1.807, 2.05) is 12.3 Å². The minimum atomic E-state index is 0.282. The standard InChI is InChI=1S/C11H16N2/c1-11(2)5-3-4-8-7-13-10(12)6-9(8)11/h6-7H,3-5H2,1-2H3,(H2,12,13). The quantitative estimate of drug-likeness (QED) is 0.658. The Balaban J connectivity index is 2.55. The topological polar surface area (TPSA) is 38.9 Å². The van der Waals surface area contributed by atoms with Crippen LogP contribution in [0.15, 0.2) is 12.3 Å². The van der Waals surface area contributed by atoms with E-state index < -0.39 is 0 Å². The summed E-state index contributed by atoms with van der Waals surface area (Å²) in [4.78, 5) is 4.14. The highest BCUT2D eigenvalue weighted by molar-refractivity contribution is 5.42. The summed E-state index contributed by atoms with van der Waals surface area (Å²) in [7, 11) is 0. The van der Waals surface area contributed by atoms with E-state index >= 15 is 0 Å². The third-order valence-electron chi connectivity index (χ3n) is 2.98. The predicted octanol–water partition coefficient (Wildman–Crippen LogP) is 2.28. The van der Waals surface area contributed by atoms with E-state index in [4.69, 9.17) is 5.73 Å². The van der Waals surface area contributed by atoms with Crippen LogP contribution in [-0.4, -0.2) is 4.98 Å². The highest BCUT2D eigenvalue weighted by Gasteiger charge is 2.27. The second-order valence-corrected chi connectivity index (χ2v) is 4.50. The van der Waals surface area contributed by atoms with Gasteiger partial charge in [0.25, 0.3) is 0 Å². The minimum Gasteiger partial charge on any atom is -0.384 e. The number of fused-ring (bicyclic) bond motifs is 1. The molecule has 0 fully saturated rings. The maximum absolute atomic E-state index is 5.69. The summed E-state index contributed by atoms with van der Waals surface area (Å²) >= 11 is 0. The number of aromatic nitrogens is 1.